The Balaban J connectivity index is 2.55. The van der Waals surface area contributed by atoms with Gasteiger partial charge in [0.15, 0.2) is 0 Å². The number of methoxy groups -OCH3 is 2. The van der Waals surface area contributed by atoms with Gasteiger partial charge in [-0.05, 0) is 36.1 Å². The maximum atomic E-state index is 11.9. The van der Waals surface area contributed by atoms with Gasteiger partial charge in [-0.2, -0.15) is 0 Å². The third-order valence-electron chi connectivity index (χ3n) is 3.01. The molecule has 21 heavy (non-hydrogen) atoms. The Morgan fingerprint density at radius 3 is 2.43 bits per heavy atom. The Morgan fingerprint density at radius 1 is 1.24 bits per heavy atom. The summed E-state index contributed by atoms with van der Waals surface area (Å²) in [5.41, 5.74) is 0.957. The third kappa shape index (κ3) is 6.95. The second kappa shape index (κ2) is 9.19. The predicted octanol–water partition coefficient (Wildman–Crippen LogP) is 2.89. The van der Waals surface area contributed by atoms with Crippen molar-refractivity contribution in [2.24, 2.45) is 5.92 Å². The number of hydrogen-bond donors (Lipinski definition) is 1. The molecule has 0 unspecified atom stereocenters. The zero-order chi connectivity index (χ0) is 15.7. The van der Waals surface area contributed by atoms with Crippen molar-refractivity contribution >= 4 is 12.0 Å². The Labute approximate surface area is 127 Å². The fourth-order valence-electron chi connectivity index (χ4n) is 2.08. The molecule has 1 N–H and O–H groups in total. The molecule has 0 saturated heterocycles. The monoisotopic (exact) mass is 291 g/mol. The number of nitrogens with one attached hydrogen (secondary N) is 1. The Morgan fingerprint density at radius 2 is 1.90 bits per heavy atom. The minimum absolute atomic E-state index is 0.0445. The van der Waals surface area contributed by atoms with Gasteiger partial charge in [0.05, 0.1) is 19.8 Å². The number of amides is 1. The zero-order valence-corrected chi connectivity index (χ0v) is 13.3. The van der Waals surface area contributed by atoms with E-state index in [0.717, 1.165) is 17.7 Å². The van der Waals surface area contributed by atoms with Crippen molar-refractivity contribution in [2.75, 3.05) is 20.8 Å². The molecular weight excluding hydrogens is 266 g/mol. The van der Waals surface area contributed by atoms with Crippen LogP contribution in [0.15, 0.2) is 30.3 Å². The Bertz CT molecular complexity index is 452. The van der Waals surface area contributed by atoms with E-state index in [1.807, 2.05) is 24.3 Å². The highest BCUT2D eigenvalue weighted by Gasteiger charge is 2.12. The highest BCUT2D eigenvalue weighted by molar-refractivity contribution is 5.91. The van der Waals surface area contributed by atoms with E-state index >= 15 is 0 Å². The normalized spacial score (nSPS) is 12.6. The summed E-state index contributed by atoms with van der Waals surface area (Å²) in [5, 5.41) is 2.97. The summed E-state index contributed by atoms with van der Waals surface area (Å²) in [5.74, 6) is 1.21. The minimum atomic E-state index is -0.103. The molecule has 1 aromatic rings. The lowest BCUT2D eigenvalue weighted by atomic mass is 10.0. The SMILES string of the molecule is COC[C@@H](CC(C)C)NC(=O)C=Cc1ccc(OC)cc1. The van der Waals surface area contributed by atoms with E-state index in [0.29, 0.717) is 12.5 Å². The van der Waals surface area contributed by atoms with E-state index in [2.05, 4.69) is 19.2 Å². The number of ether oxygens (including phenoxy) is 2. The van der Waals surface area contributed by atoms with Gasteiger partial charge in [0.2, 0.25) is 5.91 Å². The summed E-state index contributed by atoms with van der Waals surface area (Å²) < 4.78 is 10.2. The van der Waals surface area contributed by atoms with Crippen molar-refractivity contribution in [3.63, 3.8) is 0 Å². The summed E-state index contributed by atoms with van der Waals surface area (Å²) in [7, 11) is 3.27. The Hall–Kier alpha value is -1.81. The van der Waals surface area contributed by atoms with Crippen LogP contribution >= 0.6 is 0 Å². The van der Waals surface area contributed by atoms with Gasteiger partial charge in [-0.1, -0.05) is 26.0 Å². The molecule has 0 saturated carbocycles. The lowest BCUT2D eigenvalue weighted by Crippen LogP contribution is -2.38. The maximum Gasteiger partial charge on any atom is 0.244 e. The van der Waals surface area contributed by atoms with Gasteiger partial charge in [-0.15, -0.1) is 0 Å². The molecule has 1 rings (SSSR count). The first-order valence-corrected chi connectivity index (χ1v) is 7.16. The van der Waals surface area contributed by atoms with Crippen LogP contribution in [0.5, 0.6) is 5.75 Å². The van der Waals surface area contributed by atoms with Crippen molar-refractivity contribution in [1.29, 1.82) is 0 Å². The van der Waals surface area contributed by atoms with Crippen LogP contribution < -0.4 is 10.1 Å². The first-order valence-electron chi connectivity index (χ1n) is 7.16. The van der Waals surface area contributed by atoms with Gasteiger partial charge < -0.3 is 14.8 Å². The van der Waals surface area contributed by atoms with E-state index in [4.69, 9.17) is 9.47 Å². The molecule has 0 spiro atoms. The van der Waals surface area contributed by atoms with E-state index < -0.39 is 0 Å². The second-order valence-electron chi connectivity index (χ2n) is 5.40. The summed E-state index contributed by atoms with van der Waals surface area (Å²) in [6.07, 6.45) is 4.23. The second-order valence-corrected chi connectivity index (χ2v) is 5.40. The fraction of sp³-hybridized carbons (Fsp3) is 0.471. The zero-order valence-electron chi connectivity index (χ0n) is 13.3. The molecule has 4 heteroatoms. The summed E-state index contributed by atoms with van der Waals surface area (Å²) in [4.78, 5) is 11.9. The molecule has 0 fully saturated rings. The molecule has 116 valence electrons. The van der Waals surface area contributed by atoms with Gasteiger partial charge in [-0.3, -0.25) is 4.79 Å². The molecule has 1 amide bonds. The van der Waals surface area contributed by atoms with Crippen molar-refractivity contribution in [2.45, 2.75) is 26.3 Å². The number of carbonyl (C=O) groups is 1. The quantitative estimate of drug-likeness (QED) is 0.749. The van der Waals surface area contributed by atoms with Crippen LogP contribution in [-0.2, 0) is 9.53 Å². The molecule has 0 aromatic heterocycles. The lowest BCUT2D eigenvalue weighted by Gasteiger charge is -2.18. The smallest absolute Gasteiger partial charge is 0.244 e. The topological polar surface area (TPSA) is 47.6 Å². The van der Waals surface area contributed by atoms with Crippen molar-refractivity contribution in [1.82, 2.24) is 5.32 Å². The van der Waals surface area contributed by atoms with Crippen LogP contribution in [0.1, 0.15) is 25.8 Å². The van der Waals surface area contributed by atoms with Crippen molar-refractivity contribution < 1.29 is 14.3 Å². The average Bonchev–Trinajstić information content (AvgIpc) is 2.45. The number of benzene rings is 1. The molecule has 4 nitrogen and oxygen atoms in total. The fourth-order valence-corrected chi connectivity index (χ4v) is 2.08. The molecule has 0 aliphatic rings. The molecule has 1 atom stereocenters. The van der Waals surface area contributed by atoms with Crippen LogP contribution in [-0.4, -0.2) is 32.8 Å². The standard InChI is InChI=1S/C17H25NO3/c1-13(2)11-15(12-20-3)18-17(19)10-7-14-5-8-16(21-4)9-6-14/h5-10,13,15H,11-12H2,1-4H3,(H,18,19)/t15-/m1/s1. The number of carbonyl (C=O) groups excluding carboxylic acids is 1. The van der Waals surface area contributed by atoms with Crippen LogP contribution in [0.25, 0.3) is 6.08 Å². The number of rotatable bonds is 8. The van der Waals surface area contributed by atoms with E-state index in [9.17, 15) is 4.79 Å². The van der Waals surface area contributed by atoms with Gasteiger partial charge in [0.25, 0.3) is 0 Å². The maximum absolute atomic E-state index is 11.9. The molecule has 0 bridgehead atoms. The first kappa shape index (κ1) is 17.2. The number of hydrogen-bond acceptors (Lipinski definition) is 3. The molecule has 1 aromatic carbocycles. The largest absolute Gasteiger partial charge is 0.497 e. The molecule has 0 heterocycles. The van der Waals surface area contributed by atoms with E-state index in [1.54, 1.807) is 26.4 Å². The molecule has 0 aliphatic heterocycles. The van der Waals surface area contributed by atoms with Crippen molar-refractivity contribution in [3.05, 3.63) is 35.9 Å². The molecule has 0 aliphatic carbocycles. The van der Waals surface area contributed by atoms with Crippen LogP contribution in [0.4, 0.5) is 0 Å². The van der Waals surface area contributed by atoms with Crippen LogP contribution in [0, 0.1) is 5.92 Å². The first-order chi connectivity index (χ1) is 10.0. The minimum Gasteiger partial charge on any atom is -0.497 e. The third-order valence-corrected chi connectivity index (χ3v) is 3.01. The summed E-state index contributed by atoms with van der Waals surface area (Å²) >= 11 is 0. The summed E-state index contributed by atoms with van der Waals surface area (Å²) in [6, 6.07) is 7.59. The Kier molecular flexibility index (Phi) is 7.54. The van der Waals surface area contributed by atoms with Gasteiger partial charge in [-0.25, -0.2) is 0 Å². The molecular formula is C17H25NO3. The van der Waals surface area contributed by atoms with Crippen LogP contribution in [0.2, 0.25) is 0 Å². The van der Waals surface area contributed by atoms with Gasteiger partial charge >= 0.3 is 0 Å². The van der Waals surface area contributed by atoms with Crippen LogP contribution in [0.3, 0.4) is 0 Å². The van der Waals surface area contributed by atoms with Gasteiger partial charge in [0, 0.05) is 13.2 Å². The highest BCUT2D eigenvalue weighted by atomic mass is 16.5. The summed E-state index contributed by atoms with van der Waals surface area (Å²) in [6.45, 7) is 4.78. The highest BCUT2D eigenvalue weighted by Crippen LogP contribution is 2.12. The van der Waals surface area contributed by atoms with Crippen molar-refractivity contribution in [3.8, 4) is 5.75 Å². The van der Waals surface area contributed by atoms with Gasteiger partial charge in [0.1, 0.15) is 5.75 Å². The van der Waals surface area contributed by atoms with E-state index in [-0.39, 0.29) is 11.9 Å². The molecule has 0 radical (unpaired) electrons. The van der Waals surface area contributed by atoms with E-state index in [1.165, 1.54) is 0 Å². The predicted molar refractivity (Wildman–Crippen MR) is 85.3 cm³/mol. The average molecular weight is 291 g/mol. The lowest BCUT2D eigenvalue weighted by molar-refractivity contribution is -0.117.